The molecule has 1 saturated heterocycles. The maximum absolute atomic E-state index is 12.2. The number of likely N-dealkylation sites (tertiary alicyclic amines) is 1. The third kappa shape index (κ3) is 3.44. The number of rotatable bonds is 3. The van der Waals surface area contributed by atoms with E-state index in [2.05, 4.69) is 10.1 Å². The second-order valence-corrected chi connectivity index (χ2v) is 5.51. The number of aromatic nitrogens is 2. The predicted octanol–water partition coefficient (Wildman–Crippen LogP) is 2.89. The first-order valence-corrected chi connectivity index (χ1v) is 7.48. The van der Waals surface area contributed by atoms with E-state index in [-0.39, 0.29) is 12.0 Å². The average molecular weight is 301 g/mol. The monoisotopic (exact) mass is 301 g/mol. The summed E-state index contributed by atoms with van der Waals surface area (Å²) in [6.45, 7) is 3.36. The van der Waals surface area contributed by atoms with Crippen molar-refractivity contribution in [1.82, 2.24) is 15.0 Å². The molecule has 1 amide bonds. The first-order valence-electron chi connectivity index (χ1n) is 7.48. The van der Waals surface area contributed by atoms with Crippen molar-refractivity contribution in [3.05, 3.63) is 47.6 Å². The molecule has 1 aromatic heterocycles. The van der Waals surface area contributed by atoms with Crippen molar-refractivity contribution >= 4 is 6.09 Å². The molecule has 6 heteroatoms. The number of carbonyl (C=O) groups is 1. The average Bonchev–Trinajstić information content (AvgIpc) is 3.00. The fourth-order valence-electron chi connectivity index (χ4n) is 2.63. The Hall–Kier alpha value is -2.37. The minimum absolute atomic E-state index is 0.0965. The first kappa shape index (κ1) is 14.6. The summed E-state index contributed by atoms with van der Waals surface area (Å²) in [6.07, 6.45) is 1.57. The van der Waals surface area contributed by atoms with E-state index in [1.54, 1.807) is 11.8 Å². The number of hydrogen-bond acceptors (Lipinski definition) is 5. The van der Waals surface area contributed by atoms with Gasteiger partial charge in [0.25, 0.3) is 0 Å². The van der Waals surface area contributed by atoms with Crippen LogP contribution in [0.15, 0.2) is 34.9 Å². The Labute approximate surface area is 129 Å². The van der Waals surface area contributed by atoms with Crippen molar-refractivity contribution in [1.29, 1.82) is 0 Å². The molecule has 0 N–H and O–H groups in total. The number of amides is 1. The van der Waals surface area contributed by atoms with Crippen molar-refractivity contribution < 1.29 is 14.1 Å². The highest BCUT2D eigenvalue weighted by Gasteiger charge is 2.29. The van der Waals surface area contributed by atoms with Crippen LogP contribution >= 0.6 is 0 Å². The standard InChI is InChI=1S/C16H19N3O3/c1-12-17-15(22-18-12)14-8-5-9-19(10-14)16(20)21-11-13-6-3-2-4-7-13/h2-4,6-7,14H,5,8-11H2,1H3. The molecule has 1 aliphatic rings. The fourth-order valence-corrected chi connectivity index (χ4v) is 2.63. The molecular weight excluding hydrogens is 282 g/mol. The molecule has 2 aromatic rings. The molecule has 0 radical (unpaired) electrons. The summed E-state index contributed by atoms with van der Waals surface area (Å²) in [5.74, 6) is 1.33. The van der Waals surface area contributed by atoms with Gasteiger partial charge >= 0.3 is 6.09 Å². The van der Waals surface area contributed by atoms with Crippen molar-refractivity contribution in [2.45, 2.75) is 32.3 Å². The lowest BCUT2D eigenvalue weighted by molar-refractivity contribution is 0.0833. The summed E-state index contributed by atoms with van der Waals surface area (Å²) >= 11 is 0. The van der Waals surface area contributed by atoms with Crippen LogP contribution in [-0.4, -0.2) is 34.2 Å². The van der Waals surface area contributed by atoms with E-state index in [1.807, 2.05) is 30.3 Å². The molecule has 116 valence electrons. The Kier molecular flexibility index (Phi) is 4.37. The van der Waals surface area contributed by atoms with Gasteiger partial charge in [-0.05, 0) is 25.3 Å². The van der Waals surface area contributed by atoms with E-state index >= 15 is 0 Å². The minimum Gasteiger partial charge on any atom is -0.445 e. The van der Waals surface area contributed by atoms with Crippen LogP contribution < -0.4 is 0 Å². The highest BCUT2D eigenvalue weighted by Crippen LogP contribution is 2.26. The molecular formula is C16H19N3O3. The van der Waals surface area contributed by atoms with E-state index in [0.29, 0.717) is 31.4 Å². The summed E-state index contributed by atoms with van der Waals surface area (Å²) in [4.78, 5) is 18.2. The molecule has 1 fully saturated rings. The van der Waals surface area contributed by atoms with Crippen LogP contribution in [0.5, 0.6) is 0 Å². The van der Waals surface area contributed by atoms with Gasteiger partial charge in [0.1, 0.15) is 6.61 Å². The molecule has 0 aliphatic carbocycles. The Balaban J connectivity index is 1.56. The Morgan fingerprint density at radius 3 is 2.95 bits per heavy atom. The number of aryl methyl sites for hydroxylation is 1. The van der Waals surface area contributed by atoms with Gasteiger partial charge in [-0.1, -0.05) is 35.5 Å². The molecule has 22 heavy (non-hydrogen) atoms. The normalized spacial score (nSPS) is 18.2. The Morgan fingerprint density at radius 1 is 1.41 bits per heavy atom. The number of hydrogen-bond donors (Lipinski definition) is 0. The second-order valence-electron chi connectivity index (χ2n) is 5.51. The van der Waals surface area contributed by atoms with Crippen LogP contribution in [0.4, 0.5) is 4.79 Å². The van der Waals surface area contributed by atoms with E-state index in [9.17, 15) is 4.79 Å². The molecule has 2 heterocycles. The van der Waals surface area contributed by atoms with E-state index in [0.717, 1.165) is 18.4 Å². The quantitative estimate of drug-likeness (QED) is 0.872. The lowest BCUT2D eigenvalue weighted by Gasteiger charge is -2.30. The minimum atomic E-state index is -0.287. The van der Waals surface area contributed by atoms with Crippen molar-refractivity contribution in [2.75, 3.05) is 13.1 Å². The van der Waals surface area contributed by atoms with Crippen LogP contribution in [0.25, 0.3) is 0 Å². The SMILES string of the molecule is Cc1noc(C2CCCN(C(=O)OCc3ccccc3)C2)n1. The zero-order valence-corrected chi connectivity index (χ0v) is 12.6. The lowest BCUT2D eigenvalue weighted by atomic mass is 9.98. The smallest absolute Gasteiger partial charge is 0.410 e. The number of benzene rings is 1. The third-order valence-corrected chi connectivity index (χ3v) is 3.78. The van der Waals surface area contributed by atoms with Crippen LogP contribution in [0, 0.1) is 6.92 Å². The summed E-state index contributed by atoms with van der Waals surface area (Å²) in [6, 6.07) is 9.67. The number of nitrogens with zero attached hydrogens (tertiary/aromatic N) is 3. The van der Waals surface area contributed by atoms with Crippen molar-refractivity contribution in [2.24, 2.45) is 0 Å². The zero-order valence-electron chi connectivity index (χ0n) is 12.6. The molecule has 1 aromatic carbocycles. The largest absolute Gasteiger partial charge is 0.445 e. The van der Waals surface area contributed by atoms with Crippen LogP contribution in [-0.2, 0) is 11.3 Å². The van der Waals surface area contributed by atoms with E-state index in [1.165, 1.54) is 0 Å². The van der Waals surface area contributed by atoms with Gasteiger partial charge in [-0.25, -0.2) is 4.79 Å². The van der Waals surface area contributed by atoms with Gasteiger partial charge in [0.05, 0.1) is 5.92 Å². The molecule has 0 bridgehead atoms. The fraction of sp³-hybridized carbons (Fsp3) is 0.438. The topological polar surface area (TPSA) is 68.5 Å². The van der Waals surface area contributed by atoms with Gasteiger partial charge in [-0.3, -0.25) is 0 Å². The highest BCUT2D eigenvalue weighted by molar-refractivity contribution is 5.67. The maximum Gasteiger partial charge on any atom is 0.410 e. The summed E-state index contributed by atoms with van der Waals surface area (Å²) in [7, 11) is 0. The summed E-state index contributed by atoms with van der Waals surface area (Å²) in [5.41, 5.74) is 0.983. The van der Waals surface area contributed by atoms with Crippen LogP contribution in [0.2, 0.25) is 0 Å². The zero-order chi connectivity index (χ0) is 15.4. The second kappa shape index (κ2) is 6.60. The van der Waals surface area contributed by atoms with Crippen LogP contribution in [0.3, 0.4) is 0 Å². The molecule has 6 nitrogen and oxygen atoms in total. The van der Waals surface area contributed by atoms with Gasteiger partial charge in [0, 0.05) is 13.1 Å². The van der Waals surface area contributed by atoms with Gasteiger partial charge in [-0.15, -0.1) is 0 Å². The molecule has 1 unspecified atom stereocenters. The predicted molar refractivity (Wildman–Crippen MR) is 79.2 cm³/mol. The molecule has 0 saturated carbocycles. The van der Waals surface area contributed by atoms with E-state index in [4.69, 9.17) is 9.26 Å². The van der Waals surface area contributed by atoms with Gasteiger partial charge in [-0.2, -0.15) is 4.98 Å². The van der Waals surface area contributed by atoms with Crippen LogP contribution in [0.1, 0.15) is 36.0 Å². The lowest BCUT2D eigenvalue weighted by Crippen LogP contribution is -2.39. The summed E-state index contributed by atoms with van der Waals surface area (Å²) < 4.78 is 10.6. The van der Waals surface area contributed by atoms with Crippen molar-refractivity contribution in [3.63, 3.8) is 0 Å². The Morgan fingerprint density at radius 2 is 2.23 bits per heavy atom. The van der Waals surface area contributed by atoms with Gasteiger partial charge in [0.2, 0.25) is 5.89 Å². The molecule has 3 rings (SSSR count). The highest BCUT2D eigenvalue weighted by atomic mass is 16.6. The summed E-state index contributed by atoms with van der Waals surface area (Å²) in [5, 5.41) is 3.82. The third-order valence-electron chi connectivity index (χ3n) is 3.78. The number of ether oxygens (including phenoxy) is 1. The molecule has 0 spiro atoms. The number of carbonyl (C=O) groups excluding carboxylic acids is 1. The Bertz CT molecular complexity index is 627. The van der Waals surface area contributed by atoms with Gasteiger partial charge in [0.15, 0.2) is 5.82 Å². The van der Waals surface area contributed by atoms with Gasteiger partial charge < -0.3 is 14.2 Å². The maximum atomic E-state index is 12.2. The molecule has 1 atom stereocenters. The molecule has 1 aliphatic heterocycles. The van der Waals surface area contributed by atoms with Crippen molar-refractivity contribution in [3.8, 4) is 0 Å². The number of piperidine rings is 1. The first-order chi connectivity index (χ1) is 10.7. The van der Waals surface area contributed by atoms with E-state index < -0.39 is 0 Å².